The number of amides is 1. The van der Waals surface area contributed by atoms with Crippen molar-refractivity contribution in [1.29, 1.82) is 0 Å². The van der Waals surface area contributed by atoms with Crippen molar-refractivity contribution in [2.24, 2.45) is 0 Å². The fourth-order valence-corrected chi connectivity index (χ4v) is 4.16. The summed E-state index contributed by atoms with van der Waals surface area (Å²) >= 11 is 0. The molecule has 0 N–H and O–H groups in total. The fourth-order valence-electron chi connectivity index (χ4n) is 3.04. The summed E-state index contributed by atoms with van der Waals surface area (Å²) in [6.07, 6.45) is 1.15. The summed E-state index contributed by atoms with van der Waals surface area (Å²) in [5, 5.41) is 0. The highest BCUT2D eigenvalue weighted by Gasteiger charge is 2.41. The zero-order valence-corrected chi connectivity index (χ0v) is 14.8. The maximum atomic E-state index is 13.0. The summed E-state index contributed by atoms with van der Waals surface area (Å²) < 4.78 is 50.1. The van der Waals surface area contributed by atoms with Crippen LogP contribution in [-0.4, -0.2) is 69.2 Å². The number of carbonyl (C=O) groups excluding carboxylic acids is 1. The Bertz CT molecular complexity index is 721. The van der Waals surface area contributed by atoms with Gasteiger partial charge in [0.2, 0.25) is 15.9 Å². The lowest BCUT2D eigenvalue weighted by atomic mass is 10.0. The van der Waals surface area contributed by atoms with Crippen molar-refractivity contribution in [3.05, 3.63) is 30.1 Å². The van der Waals surface area contributed by atoms with Crippen molar-refractivity contribution >= 4 is 15.9 Å². The average molecular weight is 372 g/mol. The lowest BCUT2D eigenvalue weighted by Crippen LogP contribution is -2.50. The summed E-state index contributed by atoms with van der Waals surface area (Å²) in [6.45, 7) is 1.78. The number of rotatable bonds is 4. The number of sulfonamides is 1. The van der Waals surface area contributed by atoms with Crippen LogP contribution in [0.3, 0.4) is 0 Å². The van der Waals surface area contributed by atoms with Gasteiger partial charge < -0.3 is 14.4 Å². The molecule has 0 unspecified atom stereocenters. The van der Waals surface area contributed by atoms with Gasteiger partial charge in [0.05, 0.1) is 24.7 Å². The first-order chi connectivity index (χ1) is 11.8. The Morgan fingerprint density at radius 1 is 1.20 bits per heavy atom. The maximum Gasteiger partial charge on any atom is 0.243 e. The zero-order chi connectivity index (χ0) is 18.1. The Morgan fingerprint density at radius 3 is 2.32 bits per heavy atom. The average Bonchev–Trinajstić information content (AvgIpc) is 3.03. The van der Waals surface area contributed by atoms with Gasteiger partial charge in [-0.25, -0.2) is 12.8 Å². The number of nitrogens with zero attached hydrogens (tertiary/aromatic N) is 2. The SMILES string of the molecule is CN(CC(=O)N1CCC2(CC1)OCCO2)S(=O)(=O)c1ccc(F)cc1. The highest BCUT2D eigenvalue weighted by Crippen LogP contribution is 2.31. The Morgan fingerprint density at radius 2 is 1.76 bits per heavy atom. The second kappa shape index (κ2) is 6.99. The first-order valence-electron chi connectivity index (χ1n) is 8.10. The molecule has 0 aliphatic carbocycles. The minimum atomic E-state index is -3.84. The molecule has 0 atom stereocenters. The molecule has 0 bridgehead atoms. The van der Waals surface area contributed by atoms with Gasteiger partial charge in [0.25, 0.3) is 0 Å². The van der Waals surface area contributed by atoms with Gasteiger partial charge >= 0.3 is 0 Å². The molecule has 2 aliphatic heterocycles. The number of benzene rings is 1. The molecule has 7 nitrogen and oxygen atoms in total. The summed E-state index contributed by atoms with van der Waals surface area (Å²) in [6, 6.07) is 4.53. The monoisotopic (exact) mass is 372 g/mol. The molecular weight excluding hydrogens is 351 g/mol. The van der Waals surface area contributed by atoms with Gasteiger partial charge in [-0.2, -0.15) is 4.31 Å². The number of halogens is 1. The van der Waals surface area contributed by atoms with Crippen LogP contribution in [0.15, 0.2) is 29.2 Å². The first-order valence-corrected chi connectivity index (χ1v) is 9.54. The van der Waals surface area contributed by atoms with E-state index in [1.54, 1.807) is 4.90 Å². The molecule has 2 fully saturated rings. The minimum Gasteiger partial charge on any atom is -0.347 e. The quantitative estimate of drug-likeness (QED) is 0.782. The third kappa shape index (κ3) is 3.84. The zero-order valence-electron chi connectivity index (χ0n) is 14.0. The summed E-state index contributed by atoms with van der Waals surface area (Å²) in [7, 11) is -2.50. The van der Waals surface area contributed by atoms with Crippen LogP contribution in [-0.2, 0) is 24.3 Å². The third-order valence-electron chi connectivity index (χ3n) is 4.57. The van der Waals surface area contributed by atoms with E-state index in [2.05, 4.69) is 0 Å². The summed E-state index contributed by atoms with van der Waals surface area (Å²) in [5.41, 5.74) is 0. The molecule has 0 saturated carbocycles. The minimum absolute atomic E-state index is 0.0467. The van der Waals surface area contributed by atoms with E-state index < -0.39 is 21.6 Å². The van der Waals surface area contributed by atoms with Gasteiger partial charge in [0.15, 0.2) is 5.79 Å². The van der Waals surface area contributed by atoms with Crippen LogP contribution in [0.5, 0.6) is 0 Å². The number of piperidine rings is 1. The molecular formula is C16H21FN2O5S. The predicted octanol–water partition coefficient (Wildman–Crippen LogP) is 0.812. The Balaban J connectivity index is 1.59. The molecule has 3 rings (SSSR count). The third-order valence-corrected chi connectivity index (χ3v) is 6.39. The van der Waals surface area contributed by atoms with E-state index in [-0.39, 0.29) is 17.3 Å². The molecule has 0 aromatic heterocycles. The van der Waals surface area contributed by atoms with Crippen LogP contribution in [0.1, 0.15) is 12.8 Å². The summed E-state index contributed by atoms with van der Waals surface area (Å²) in [5.74, 6) is -1.37. The highest BCUT2D eigenvalue weighted by atomic mass is 32.2. The largest absolute Gasteiger partial charge is 0.347 e. The van der Waals surface area contributed by atoms with Crippen molar-refractivity contribution in [1.82, 2.24) is 9.21 Å². The standard InChI is InChI=1S/C16H21FN2O5S/c1-18(25(21,22)14-4-2-13(17)3-5-14)12-15(20)19-8-6-16(7-9-19)23-10-11-24-16/h2-5H,6-12H2,1H3. The van der Waals surface area contributed by atoms with Crippen LogP contribution < -0.4 is 0 Å². The molecule has 2 aliphatic rings. The van der Waals surface area contributed by atoms with Gasteiger partial charge in [-0.3, -0.25) is 4.79 Å². The van der Waals surface area contributed by atoms with Crippen LogP contribution in [0.25, 0.3) is 0 Å². The maximum absolute atomic E-state index is 13.0. The van der Waals surface area contributed by atoms with E-state index in [0.717, 1.165) is 16.4 Å². The van der Waals surface area contributed by atoms with Gasteiger partial charge in [0.1, 0.15) is 5.82 Å². The molecule has 1 aromatic carbocycles. The van der Waals surface area contributed by atoms with Gasteiger partial charge in [-0.15, -0.1) is 0 Å². The summed E-state index contributed by atoms with van der Waals surface area (Å²) in [4.78, 5) is 14.0. The Hall–Kier alpha value is -1.55. The second-order valence-corrected chi connectivity index (χ2v) is 8.25. The molecule has 1 amide bonds. The van der Waals surface area contributed by atoms with Crippen molar-refractivity contribution in [2.45, 2.75) is 23.5 Å². The van der Waals surface area contributed by atoms with E-state index in [9.17, 15) is 17.6 Å². The predicted molar refractivity (Wildman–Crippen MR) is 86.7 cm³/mol. The Kier molecular flexibility index (Phi) is 5.10. The van der Waals surface area contributed by atoms with Crippen LogP contribution in [0, 0.1) is 5.82 Å². The molecule has 0 radical (unpaired) electrons. The van der Waals surface area contributed by atoms with E-state index in [0.29, 0.717) is 39.1 Å². The Labute approximate surface area is 146 Å². The van der Waals surface area contributed by atoms with Gasteiger partial charge in [-0.1, -0.05) is 0 Å². The van der Waals surface area contributed by atoms with Crippen molar-refractivity contribution in [2.75, 3.05) is 39.9 Å². The van der Waals surface area contributed by atoms with Crippen molar-refractivity contribution in [3.8, 4) is 0 Å². The smallest absolute Gasteiger partial charge is 0.243 e. The number of carbonyl (C=O) groups is 1. The molecule has 1 aromatic rings. The normalized spacial score (nSPS) is 20.4. The number of likely N-dealkylation sites (N-methyl/N-ethyl adjacent to an activating group) is 1. The van der Waals surface area contributed by atoms with Crippen LogP contribution in [0.4, 0.5) is 4.39 Å². The van der Waals surface area contributed by atoms with Gasteiger partial charge in [-0.05, 0) is 24.3 Å². The fraction of sp³-hybridized carbons (Fsp3) is 0.562. The lowest BCUT2D eigenvalue weighted by Gasteiger charge is -2.38. The van der Waals surface area contributed by atoms with Crippen LogP contribution in [0.2, 0.25) is 0 Å². The molecule has 9 heteroatoms. The topological polar surface area (TPSA) is 76.2 Å². The van der Waals surface area contributed by atoms with Crippen molar-refractivity contribution < 1.29 is 27.1 Å². The van der Waals surface area contributed by atoms with Crippen molar-refractivity contribution in [3.63, 3.8) is 0 Å². The van der Waals surface area contributed by atoms with Crippen LogP contribution >= 0.6 is 0 Å². The van der Waals surface area contributed by atoms with E-state index >= 15 is 0 Å². The number of likely N-dealkylation sites (tertiary alicyclic amines) is 1. The molecule has 2 saturated heterocycles. The van der Waals surface area contributed by atoms with Gasteiger partial charge in [0, 0.05) is 33.0 Å². The number of ether oxygens (including phenoxy) is 2. The lowest BCUT2D eigenvalue weighted by molar-refractivity contribution is -0.187. The second-order valence-electron chi connectivity index (χ2n) is 6.20. The molecule has 25 heavy (non-hydrogen) atoms. The first kappa shape index (κ1) is 18.2. The van der Waals surface area contributed by atoms with E-state index in [4.69, 9.17) is 9.47 Å². The van der Waals surface area contributed by atoms with E-state index in [1.165, 1.54) is 19.2 Å². The molecule has 2 heterocycles. The number of hydrogen-bond donors (Lipinski definition) is 0. The highest BCUT2D eigenvalue weighted by molar-refractivity contribution is 7.89. The molecule has 1 spiro atoms. The number of hydrogen-bond acceptors (Lipinski definition) is 5. The van der Waals surface area contributed by atoms with E-state index in [1.807, 2.05) is 0 Å². The molecule has 138 valence electrons.